The molecule has 1 aromatic carbocycles. The first-order chi connectivity index (χ1) is 9.78. The van der Waals surface area contributed by atoms with Gasteiger partial charge < -0.3 is 14.8 Å². The van der Waals surface area contributed by atoms with Gasteiger partial charge in [0.1, 0.15) is 12.4 Å². The highest BCUT2D eigenvalue weighted by molar-refractivity contribution is 7.07. The molecule has 21 heavy (non-hydrogen) atoms. The van der Waals surface area contributed by atoms with Crippen LogP contribution in [0.25, 0.3) is 0 Å². The normalized spacial score (nSPS) is 9.76. The first-order valence-electron chi connectivity index (χ1n) is 6.28. The Kier molecular flexibility index (Phi) is 7.82. The fourth-order valence-electron chi connectivity index (χ4n) is 1.63. The first kappa shape index (κ1) is 17.5. The maximum atomic E-state index is 10.9. The van der Waals surface area contributed by atoms with Crippen molar-refractivity contribution < 1.29 is 14.3 Å². The Bertz CT molecular complexity index is 528. The summed E-state index contributed by atoms with van der Waals surface area (Å²) in [5.74, 6) is 0.577. The number of hydrogen-bond donors (Lipinski definition) is 1. The molecule has 0 aliphatic rings. The lowest BCUT2D eigenvalue weighted by Crippen LogP contribution is -2.23. The first-order valence-corrected chi connectivity index (χ1v) is 7.22. The molecule has 0 atom stereocenters. The van der Waals surface area contributed by atoms with Crippen molar-refractivity contribution >= 4 is 29.7 Å². The molecule has 0 bridgehead atoms. The zero-order valence-electron chi connectivity index (χ0n) is 11.7. The van der Waals surface area contributed by atoms with Crippen LogP contribution in [-0.4, -0.2) is 19.6 Å². The Hall–Kier alpha value is -1.56. The van der Waals surface area contributed by atoms with E-state index in [4.69, 9.17) is 4.74 Å². The van der Waals surface area contributed by atoms with Crippen molar-refractivity contribution in [3.63, 3.8) is 0 Å². The number of rotatable bonds is 7. The molecule has 1 aromatic heterocycles. The van der Waals surface area contributed by atoms with Crippen LogP contribution in [0.5, 0.6) is 5.75 Å². The van der Waals surface area contributed by atoms with E-state index in [1.165, 1.54) is 12.7 Å². The zero-order valence-corrected chi connectivity index (χ0v) is 13.3. The van der Waals surface area contributed by atoms with Crippen molar-refractivity contribution in [2.45, 2.75) is 13.2 Å². The highest BCUT2D eigenvalue weighted by Gasteiger charge is 2.00. The third-order valence-electron chi connectivity index (χ3n) is 2.74. The molecule has 0 fully saturated rings. The highest BCUT2D eigenvalue weighted by Crippen LogP contribution is 2.15. The van der Waals surface area contributed by atoms with E-state index < -0.39 is 0 Å². The summed E-state index contributed by atoms with van der Waals surface area (Å²) in [7, 11) is 1.38. The van der Waals surface area contributed by atoms with Crippen LogP contribution in [0.1, 0.15) is 11.1 Å². The predicted octanol–water partition coefficient (Wildman–Crippen LogP) is 3.01. The molecule has 1 N–H and O–H groups in total. The Morgan fingerprint density at radius 2 is 1.95 bits per heavy atom. The number of carbonyl (C=O) groups is 1. The van der Waals surface area contributed by atoms with Gasteiger partial charge in [-0.25, -0.2) is 0 Å². The second-order valence-corrected chi connectivity index (χ2v) is 5.02. The lowest BCUT2D eigenvalue weighted by Gasteiger charge is -2.07. The lowest BCUT2D eigenvalue weighted by atomic mass is 10.2. The van der Waals surface area contributed by atoms with Crippen LogP contribution in [0.3, 0.4) is 0 Å². The molecule has 2 aromatic rings. The van der Waals surface area contributed by atoms with Gasteiger partial charge in [0.25, 0.3) is 0 Å². The maximum Gasteiger partial charge on any atom is 0.319 e. The van der Waals surface area contributed by atoms with Gasteiger partial charge in [-0.2, -0.15) is 11.3 Å². The van der Waals surface area contributed by atoms with Crippen molar-refractivity contribution in [1.29, 1.82) is 0 Å². The van der Waals surface area contributed by atoms with Crippen LogP contribution in [0.15, 0.2) is 41.1 Å². The summed E-state index contributed by atoms with van der Waals surface area (Å²) < 4.78 is 10.2. The van der Waals surface area contributed by atoms with E-state index >= 15 is 0 Å². The summed E-state index contributed by atoms with van der Waals surface area (Å²) in [5.41, 5.74) is 2.27. The largest absolute Gasteiger partial charge is 0.489 e. The molecule has 0 saturated heterocycles. The lowest BCUT2D eigenvalue weighted by molar-refractivity contribution is -0.139. The van der Waals surface area contributed by atoms with Crippen molar-refractivity contribution in [1.82, 2.24) is 5.32 Å². The zero-order chi connectivity index (χ0) is 14.2. The summed E-state index contributed by atoms with van der Waals surface area (Å²) in [6.45, 7) is 1.43. The fourth-order valence-corrected chi connectivity index (χ4v) is 2.28. The van der Waals surface area contributed by atoms with Crippen molar-refractivity contribution in [3.05, 3.63) is 52.2 Å². The molecular weight excluding hydrogens is 310 g/mol. The molecule has 114 valence electrons. The fraction of sp³-hybridized carbons (Fsp3) is 0.267. The number of ether oxygens (including phenoxy) is 2. The van der Waals surface area contributed by atoms with Gasteiger partial charge in [-0.05, 0) is 40.1 Å². The summed E-state index contributed by atoms with van der Waals surface area (Å²) in [5, 5.41) is 7.12. The van der Waals surface area contributed by atoms with Crippen LogP contribution < -0.4 is 10.1 Å². The molecule has 0 aliphatic carbocycles. The number of nitrogens with one attached hydrogen (secondary N) is 1. The summed E-state index contributed by atoms with van der Waals surface area (Å²) in [6, 6.07) is 9.87. The number of carbonyl (C=O) groups excluding carboxylic acids is 1. The van der Waals surface area contributed by atoms with Crippen molar-refractivity contribution in [3.8, 4) is 5.75 Å². The maximum absolute atomic E-state index is 10.9. The summed E-state index contributed by atoms with van der Waals surface area (Å²) in [6.07, 6.45) is 0. The van der Waals surface area contributed by atoms with E-state index in [2.05, 4.69) is 21.5 Å². The van der Waals surface area contributed by atoms with E-state index in [9.17, 15) is 4.79 Å². The van der Waals surface area contributed by atoms with Crippen LogP contribution >= 0.6 is 23.7 Å². The second-order valence-electron chi connectivity index (χ2n) is 4.24. The van der Waals surface area contributed by atoms with Gasteiger partial charge in [0.15, 0.2) is 0 Å². The number of hydrogen-bond acceptors (Lipinski definition) is 5. The molecule has 4 nitrogen and oxygen atoms in total. The second kappa shape index (κ2) is 9.39. The summed E-state index contributed by atoms with van der Waals surface area (Å²) >= 11 is 1.66. The SMILES string of the molecule is COC(=O)CNCc1ccc(OCc2ccsc2)cc1.Cl. The minimum absolute atomic E-state index is 0. The number of benzene rings is 1. The molecule has 0 spiro atoms. The third kappa shape index (κ3) is 6.16. The summed E-state index contributed by atoms with van der Waals surface area (Å²) in [4.78, 5) is 10.9. The van der Waals surface area contributed by atoms with E-state index in [1.54, 1.807) is 11.3 Å². The standard InChI is InChI=1S/C15H17NO3S.ClH/c1-18-15(17)9-16-8-12-2-4-14(5-3-12)19-10-13-6-7-20-11-13;/h2-7,11,16H,8-10H2,1H3;1H. The molecule has 6 heteroatoms. The van der Waals surface area contributed by atoms with Gasteiger partial charge in [-0.15, -0.1) is 12.4 Å². The number of methoxy groups -OCH3 is 1. The monoisotopic (exact) mass is 327 g/mol. The smallest absolute Gasteiger partial charge is 0.319 e. The molecule has 0 radical (unpaired) electrons. The van der Waals surface area contributed by atoms with E-state index in [1.807, 2.05) is 29.6 Å². The van der Waals surface area contributed by atoms with Crippen molar-refractivity contribution in [2.75, 3.05) is 13.7 Å². The van der Waals surface area contributed by atoms with Gasteiger partial charge in [0.05, 0.1) is 13.7 Å². The molecule has 2 rings (SSSR count). The molecule has 0 amide bonds. The molecular formula is C15H18ClNO3S. The molecule has 0 aliphatic heterocycles. The molecule has 0 unspecified atom stereocenters. The van der Waals surface area contributed by atoms with Gasteiger partial charge >= 0.3 is 5.97 Å². The van der Waals surface area contributed by atoms with Gasteiger partial charge in [-0.1, -0.05) is 12.1 Å². The third-order valence-corrected chi connectivity index (χ3v) is 3.47. The molecule has 1 heterocycles. The Morgan fingerprint density at radius 3 is 2.57 bits per heavy atom. The average molecular weight is 328 g/mol. The number of esters is 1. The highest BCUT2D eigenvalue weighted by atomic mass is 35.5. The quantitative estimate of drug-likeness (QED) is 0.794. The van der Waals surface area contributed by atoms with Crippen LogP contribution in [0.2, 0.25) is 0 Å². The topological polar surface area (TPSA) is 47.6 Å². The predicted molar refractivity (Wildman–Crippen MR) is 86.1 cm³/mol. The minimum Gasteiger partial charge on any atom is -0.489 e. The Morgan fingerprint density at radius 1 is 1.19 bits per heavy atom. The molecule has 0 saturated carbocycles. The Labute approximate surface area is 134 Å². The minimum atomic E-state index is -0.263. The number of thiophene rings is 1. The van der Waals surface area contributed by atoms with Crippen LogP contribution in [0, 0.1) is 0 Å². The van der Waals surface area contributed by atoms with Gasteiger partial charge in [0, 0.05) is 6.54 Å². The number of halogens is 1. The van der Waals surface area contributed by atoms with Crippen LogP contribution in [0.4, 0.5) is 0 Å². The van der Waals surface area contributed by atoms with Crippen LogP contribution in [-0.2, 0) is 22.7 Å². The average Bonchev–Trinajstić information content (AvgIpc) is 2.99. The van der Waals surface area contributed by atoms with Gasteiger partial charge in [0.2, 0.25) is 0 Å². The van der Waals surface area contributed by atoms with E-state index in [0.717, 1.165) is 11.3 Å². The van der Waals surface area contributed by atoms with E-state index in [0.29, 0.717) is 13.2 Å². The van der Waals surface area contributed by atoms with Crippen molar-refractivity contribution in [2.24, 2.45) is 0 Å². The Balaban J connectivity index is 0.00000220. The van der Waals surface area contributed by atoms with Gasteiger partial charge in [-0.3, -0.25) is 4.79 Å². The van der Waals surface area contributed by atoms with E-state index in [-0.39, 0.29) is 24.9 Å².